The Kier molecular flexibility index (Phi) is 5.16. The van der Waals surface area contributed by atoms with E-state index in [2.05, 4.69) is 10.4 Å². The van der Waals surface area contributed by atoms with E-state index in [4.69, 9.17) is 0 Å². The molecule has 0 aliphatic heterocycles. The van der Waals surface area contributed by atoms with E-state index >= 15 is 0 Å². The van der Waals surface area contributed by atoms with Gasteiger partial charge in [0.05, 0.1) is 18.2 Å². The molecule has 1 atom stereocenters. The minimum atomic E-state index is -0.332. The summed E-state index contributed by atoms with van der Waals surface area (Å²) >= 11 is 0. The molecule has 0 aliphatic carbocycles. The zero-order valence-corrected chi connectivity index (χ0v) is 15.2. The Morgan fingerprint density at radius 2 is 1.69 bits per heavy atom. The van der Waals surface area contributed by atoms with Crippen LogP contribution in [0.4, 0.5) is 4.39 Å². The third-order valence-electron chi connectivity index (χ3n) is 4.64. The van der Waals surface area contributed by atoms with E-state index in [1.807, 2.05) is 51.2 Å². The van der Waals surface area contributed by atoms with Gasteiger partial charge in [-0.2, -0.15) is 5.10 Å². The lowest BCUT2D eigenvalue weighted by Gasteiger charge is -2.20. The van der Waals surface area contributed by atoms with Crippen molar-refractivity contribution in [2.45, 2.75) is 26.3 Å². The van der Waals surface area contributed by atoms with Crippen LogP contribution in [0.5, 0.6) is 0 Å². The summed E-state index contributed by atoms with van der Waals surface area (Å²) in [6.45, 7) is 3.86. The quantitative estimate of drug-likeness (QED) is 0.763. The Morgan fingerprint density at radius 3 is 2.27 bits per heavy atom. The van der Waals surface area contributed by atoms with Gasteiger partial charge in [0, 0.05) is 18.3 Å². The summed E-state index contributed by atoms with van der Waals surface area (Å²) in [6.07, 6.45) is 0.260. The largest absolute Gasteiger partial charge is 0.345 e. The number of benzene rings is 2. The van der Waals surface area contributed by atoms with Gasteiger partial charge in [-0.05, 0) is 37.1 Å². The molecule has 4 nitrogen and oxygen atoms in total. The third-order valence-corrected chi connectivity index (χ3v) is 4.64. The first-order chi connectivity index (χ1) is 12.5. The number of hydrogen-bond acceptors (Lipinski definition) is 2. The van der Waals surface area contributed by atoms with Gasteiger partial charge in [-0.15, -0.1) is 0 Å². The molecule has 1 aromatic heterocycles. The second kappa shape index (κ2) is 7.52. The minimum Gasteiger partial charge on any atom is -0.345 e. The molecule has 0 bridgehead atoms. The number of halogens is 1. The molecule has 0 radical (unpaired) electrons. The van der Waals surface area contributed by atoms with Gasteiger partial charge in [0.2, 0.25) is 5.91 Å². The second-order valence-corrected chi connectivity index (χ2v) is 6.41. The lowest BCUT2D eigenvalue weighted by atomic mass is 9.98. The van der Waals surface area contributed by atoms with Crippen LogP contribution in [0.3, 0.4) is 0 Å². The van der Waals surface area contributed by atoms with Crippen molar-refractivity contribution in [1.82, 2.24) is 15.1 Å². The van der Waals surface area contributed by atoms with E-state index in [1.54, 1.807) is 16.8 Å². The summed E-state index contributed by atoms with van der Waals surface area (Å²) in [7, 11) is 1.87. The Hall–Kier alpha value is -2.95. The zero-order valence-electron chi connectivity index (χ0n) is 15.2. The van der Waals surface area contributed by atoms with Crippen LogP contribution in [0, 0.1) is 19.7 Å². The van der Waals surface area contributed by atoms with Crippen molar-refractivity contribution < 1.29 is 9.18 Å². The van der Waals surface area contributed by atoms with Crippen LogP contribution in [0.15, 0.2) is 54.6 Å². The highest BCUT2D eigenvalue weighted by molar-refractivity contribution is 5.80. The van der Waals surface area contributed by atoms with E-state index in [1.165, 1.54) is 12.1 Å². The zero-order chi connectivity index (χ0) is 18.7. The van der Waals surface area contributed by atoms with E-state index < -0.39 is 0 Å². The van der Waals surface area contributed by atoms with Crippen molar-refractivity contribution >= 4 is 5.91 Å². The summed E-state index contributed by atoms with van der Waals surface area (Å²) < 4.78 is 15.1. The molecule has 134 valence electrons. The molecule has 0 aliphatic rings. The van der Waals surface area contributed by atoms with Crippen LogP contribution in [0.25, 0.3) is 0 Å². The Labute approximate surface area is 152 Å². The summed E-state index contributed by atoms with van der Waals surface area (Å²) in [4.78, 5) is 12.7. The highest BCUT2D eigenvalue weighted by Crippen LogP contribution is 2.23. The first-order valence-electron chi connectivity index (χ1n) is 8.54. The van der Waals surface area contributed by atoms with Gasteiger partial charge < -0.3 is 5.32 Å². The molecule has 0 spiro atoms. The topological polar surface area (TPSA) is 46.9 Å². The molecule has 1 heterocycles. The van der Waals surface area contributed by atoms with Crippen LogP contribution in [-0.2, 0) is 18.3 Å². The molecular weight excluding hydrogens is 329 g/mol. The molecule has 26 heavy (non-hydrogen) atoms. The molecule has 1 unspecified atom stereocenters. The smallest absolute Gasteiger partial charge is 0.225 e. The van der Waals surface area contributed by atoms with Crippen LogP contribution >= 0.6 is 0 Å². The second-order valence-electron chi connectivity index (χ2n) is 6.41. The SMILES string of the molecule is Cc1nn(C)c(C)c1CC(=O)NC(c1ccccc1)c1ccc(F)cc1. The van der Waals surface area contributed by atoms with Gasteiger partial charge in [-0.1, -0.05) is 42.5 Å². The van der Waals surface area contributed by atoms with Crippen LogP contribution in [0.2, 0.25) is 0 Å². The lowest BCUT2D eigenvalue weighted by Crippen LogP contribution is -2.30. The monoisotopic (exact) mass is 351 g/mol. The molecule has 2 aromatic carbocycles. The fraction of sp³-hybridized carbons (Fsp3) is 0.238. The molecular formula is C21H22FN3O. The van der Waals surface area contributed by atoms with E-state index in [9.17, 15) is 9.18 Å². The average molecular weight is 351 g/mol. The van der Waals surface area contributed by atoms with Crippen molar-refractivity contribution in [3.05, 3.63) is 88.5 Å². The number of carbonyl (C=O) groups is 1. The van der Waals surface area contributed by atoms with Crippen molar-refractivity contribution in [2.75, 3.05) is 0 Å². The van der Waals surface area contributed by atoms with Gasteiger partial charge in [0.15, 0.2) is 0 Å². The molecule has 0 saturated carbocycles. The number of carbonyl (C=O) groups excluding carboxylic acids is 1. The average Bonchev–Trinajstić information content (AvgIpc) is 2.87. The van der Waals surface area contributed by atoms with Crippen LogP contribution < -0.4 is 5.32 Å². The Balaban J connectivity index is 1.86. The van der Waals surface area contributed by atoms with Gasteiger partial charge in [0.25, 0.3) is 0 Å². The van der Waals surface area contributed by atoms with Crippen LogP contribution in [-0.4, -0.2) is 15.7 Å². The van der Waals surface area contributed by atoms with Gasteiger partial charge >= 0.3 is 0 Å². The number of aromatic nitrogens is 2. The van der Waals surface area contributed by atoms with Gasteiger partial charge in [-0.25, -0.2) is 4.39 Å². The minimum absolute atomic E-state index is 0.0950. The first kappa shape index (κ1) is 17.9. The molecule has 1 amide bonds. The normalized spacial score (nSPS) is 12.0. The number of nitrogens with zero attached hydrogens (tertiary/aromatic N) is 2. The number of hydrogen-bond donors (Lipinski definition) is 1. The highest BCUT2D eigenvalue weighted by atomic mass is 19.1. The maximum atomic E-state index is 13.3. The standard InChI is InChI=1S/C21H22FN3O/c1-14-19(15(2)25(3)24-14)13-20(26)23-21(16-7-5-4-6-8-16)17-9-11-18(22)12-10-17/h4-12,21H,13H2,1-3H3,(H,23,26). The van der Waals surface area contributed by atoms with E-state index in [0.717, 1.165) is 28.1 Å². The number of nitrogens with one attached hydrogen (secondary N) is 1. The first-order valence-corrected chi connectivity index (χ1v) is 8.54. The van der Waals surface area contributed by atoms with Crippen molar-refractivity contribution in [3.63, 3.8) is 0 Å². The fourth-order valence-corrected chi connectivity index (χ4v) is 3.11. The molecule has 5 heteroatoms. The van der Waals surface area contributed by atoms with Gasteiger partial charge in [0.1, 0.15) is 5.82 Å². The van der Waals surface area contributed by atoms with E-state index in [-0.39, 0.29) is 24.2 Å². The summed E-state index contributed by atoms with van der Waals surface area (Å²) in [5.41, 5.74) is 4.57. The van der Waals surface area contributed by atoms with Crippen molar-refractivity contribution in [2.24, 2.45) is 7.05 Å². The maximum absolute atomic E-state index is 13.3. The number of aryl methyl sites for hydroxylation is 2. The number of amides is 1. The van der Waals surface area contributed by atoms with E-state index in [0.29, 0.717) is 0 Å². The summed E-state index contributed by atoms with van der Waals surface area (Å²) in [5.74, 6) is -0.393. The molecule has 0 fully saturated rings. The van der Waals surface area contributed by atoms with Crippen molar-refractivity contribution in [1.29, 1.82) is 0 Å². The Bertz CT molecular complexity index is 901. The summed E-state index contributed by atoms with van der Waals surface area (Å²) in [6, 6.07) is 15.6. The van der Waals surface area contributed by atoms with Crippen molar-refractivity contribution in [3.8, 4) is 0 Å². The predicted molar refractivity (Wildman–Crippen MR) is 99.2 cm³/mol. The van der Waals surface area contributed by atoms with Crippen LogP contribution in [0.1, 0.15) is 34.1 Å². The third kappa shape index (κ3) is 3.82. The molecule has 3 rings (SSSR count). The Morgan fingerprint density at radius 1 is 1.08 bits per heavy atom. The number of rotatable bonds is 5. The molecule has 0 saturated heterocycles. The molecule has 3 aromatic rings. The summed E-state index contributed by atoms with van der Waals surface area (Å²) in [5, 5.41) is 7.45. The maximum Gasteiger partial charge on any atom is 0.225 e. The van der Waals surface area contributed by atoms with Gasteiger partial charge in [-0.3, -0.25) is 9.48 Å². The lowest BCUT2D eigenvalue weighted by molar-refractivity contribution is -0.121. The highest BCUT2D eigenvalue weighted by Gasteiger charge is 2.19. The fourth-order valence-electron chi connectivity index (χ4n) is 3.11. The predicted octanol–water partition coefficient (Wildman–Crippen LogP) is 3.62. The molecule has 1 N–H and O–H groups in total.